The third-order valence-electron chi connectivity index (χ3n) is 1.56. The van der Waals surface area contributed by atoms with Crippen LogP contribution in [0, 0.1) is 0 Å². The predicted molar refractivity (Wildman–Crippen MR) is 48.0 cm³/mol. The SMILES string of the molecule is COc1nscc1C[C@H](N)C(=O)O. The van der Waals surface area contributed by atoms with Gasteiger partial charge in [-0.05, 0) is 11.5 Å². The van der Waals surface area contributed by atoms with Crippen LogP contribution in [0.5, 0.6) is 5.88 Å². The standard InChI is InChI=1S/C7H10N2O3S/c1-12-6-4(3-13-9-6)2-5(8)7(10)11/h3,5H,2,8H2,1H3,(H,10,11)/t5-/m0/s1. The van der Waals surface area contributed by atoms with Gasteiger partial charge in [0, 0.05) is 17.4 Å². The molecule has 1 heterocycles. The molecule has 1 atom stereocenters. The van der Waals surface area contributed by atoms with Gasteiger partial charge in [-0.3, -0.25) is 4.79 Å². The molecular formula is C7H10N2O3S. The van der Waals surface area contributed by atoms with Gasteiger partial charge in [-0.25, -0.2) is 0 Å². The van der Waals surface area contributed by atoms with Crippen molar-refractivity contribution in [3.63, 3.8) is 0 Å². The Kier molecular flexibility index (Phi) is 3.21. The summed E-state index contributed by atoms with van der Waals surface area (Å²) in [5.74, 6) is -0.560. The first-order valence-electron chi connectivity index (χ1n) is 3.60. The number of rotatable bonds is 4. The number of hydrogen-bond acceptors (Lipinski definition) is 5. The first-order valence-corrected chi connectivity index (χ1v) is 4.44. The van der Waals surface area contributed by atoms with Crippen LogP contribution in [0.1, 0.15) is 5.56 Å². The third-order valence-corrected chi connectivity index (χ3v) is 2.22. The van der Waals surface area contributed by atoms with Crippen molar-refractivity contribution >= 4 is 17.5 Å². The molecule has 0 saturated carbocycles. The summed E-state index contributed by atoms with van der Waals surface area (Å²) in [6.45, 7) is 0. The Bertz CT molecular complexity index is 300. The summed E-state index contributed by atoms with van der Waals surface area (Å²) < 4.78 is 8.83. The maximum Gasteiger partial charge on any atom is 0.320 e. The van der Waals surface area contributed by atoms with Gasteiger partial charge in [-0.2, -0.15) is 4.37 Å². The van der Waals surface area contributed by atoms with E-state index in [1.54, 1.807) is 5.38 Å². The van der Waals surface area contributed by atoms with E-state index >= 15 is 0 Å². The molecule has 3 N–H and O–H groups in total. The minimum atomic E-state index is -1.02. The van der Waals surface area contributed by atoms with Crippen molar-refractivity contribution in [3.8, 4) is 5.88 Å². The minimum absolute atomic E-state index is 0.245. The van der Waals surface area contributed by atoms with E-state index in [4.69, 9.17) is 15.6 Å². The van der Waals surface area contributed by atoms with Crippen LogP contribution in [0.15, 0.2) is 5.38 Å². The average Bonchev–Trinajstić information content (AvgIpc) is 2.51. The molecule has 0 spiro atoms. The second kappa shape index (κ2) is 4.20. The predicted octanol–water partition coefficient (Wildman–Crippen LogP) is 0.106. The monoisotopic (exact) mass is 202 g/mol. The van der Waals surface area contributed by atoms with Crippen molar-refractivity contribution in [2.45, 2.75) is 12.5 Å². The van der Waals surface area contributed by atoms with E-state index in [0.29, 0.717) is 5.88 Å². The molecule has 6 heteroatoms. The Morgan fingerprint density at radius 3 is 3.15 bits per heavy atom. The Hall–Kier alpha value is -1.14. The number of carboxylic acid groups (broad SMARTS) is 1. The summed E-state index contributed by atoms with van der Waals surface area (Å²) in [6, 6.07) is -0.898. The van der Waals surface area contributed by atoms with Crippen molar-refractivity contribution in [2.75, 3.05) is 7.11 Å². The van der Waals surface area contributed by atoms with Gasteiger partial charge in [0.05, 0.1) is 7.11 Å². The van der Waals surface area contributed by atoms with Crippen LogP contribution < -0.4 is 10.5 Å². The molecule has 5 nitrogen and oxygen atoms in total. The van der Waals surface area contributed by atoms with Crippen LogP contribution in [0.2, 0.25) is 0 Å². The lowest BCUT2D eigenvalue weighted by atomic mass is 10.1. The summed E-state index contributed by atoms with van der Waals surface area (Å²) in [5, 5.41) is 10.3. The zero-order valence-corrected chi connectivity index (χ0v) is 7.87. The highest BCUT2D eigenvalue weighted by Gasteiger charge is 2.16. The smallest absolute Gasteiger partial charge is 0.320 e. The summed E-state index contributed by atoms with van der Waals surface area (Å²) in [5.41, 5.74) is 6.09. The zero-order chi connectivity index (χ0) is 9.84. The minimum Gasteiger partial charge on any atom is -0.480 e. The van der Waals surface area contributed by atoms with E-state index in [2.05, 4.69) is 4.37 Å². The fourth-order valence-corrected chi connectivity index (χ4v) is 1.54. The Morgan fingerprint density at radius 1 is 1.92 bits per heavy atom. The van der Waals surface area contributed by atoms with Crippen LogP contribution in [-0.2, 0) is 11.2 Å². The molecule has 1 rings (SSSR count). The molecule has 0 aliphatic rings. The highest BCUT2D eigenvalue weighted by Crippen LogP contribution is 2.19. The number of aromatic nitrogens is 1. The van der Waals surface area contributed by atoms with Crippen LogP contribution in [0.3, 0.4) is 0 Å². The van der Waals surface area contributed by atoms with Crippen molar-refractivity contribution < 1.29 is 14.6 Å². The summed E-state index contributed by atoms with van der Waals surface area (Å²) in [6.07, 6.45) is 0.245. The fraction of sp³-hybridized carbons (Fsp3) is 0.429. The molecule has 0 radical (unpaired) electrons. The lowest BCUT2D eigenvalue weighted by molar-refractivity contribution is -0.138. The first-order chi connectivity index (χ1) is 6.15. The molecular weight excluding hydrogens is 192 g/mol. The van der Waals surface area contributed by atoms with Gasteiger partial charge < -0.3 is 15.6 Å². The lowest BCUT2D eigenvalue weighted by Crippen LogP contribution is -2.32. The summed E-state index contributed by atoms with van der Waals surface area (Å²) in [7, 11) is 1.49. The molecule has 0 bridgehead atoms. The van der Waals surface area contributed by atoms with Gasteiger partial charge in [0.15, 0.2) is 0 Å². The van der Waals surface area contributed by atoms with Crippen molar-refractivity contribution in [1.82, 2.24) is 4.37 Å². The molecule has 72 valence electrons. The molecule has 13 heavy (non-hydrogen) atoms. The maximum absolute atomic E-state index is 10.4. The Labute approximate surface area is 79.3 Å². The van der Waals surface area contributed by atoms with E-state index in [0.717, 1.165) is 5.56 Å². The van der Waals surface area contributed by atoms with Gasteiger partial charge in [-0.1, -0.05) is 0 Å². The van der Waals surface area contributed by atoms with Crippen LogP contribution in [0.25, 0.3) is 0 Å². The molecule has 0 amide bonds. The second-order valence-corrected chi connectivity index (χ2v) is 3.13. The molecule has 0 saturated heterocycles. The van der Waals surface area contributed by atoms with E-state index < -0.39 is 12.0 Å². The number of carbonyl (C=O) groups is 1. The number of hydrogen-bond donors (Lipinski definition) is 2. The second-order valence-electron chi connectivity index (χ2n) is 2.50. The van der Waals surface area contributed by atoms with Gasteiger partial charge in [0.25, 0.3) is 0 Å². The fourth-order valence-electron chi connectivity index (χ4n) is 0.875. The molecule has 0 aliphatic carbocycles. The van der Waals surface area contributed by atoms with E-state index in [1.807, 2.05) is 0 Å². The topological polar surface area (TPSA) is 85.4 Å². The number of carboxylic acids is 1. The van der Waals surface area contributed by atoms with Crippen molar-refractivity contribution in [2.24, 2.45) is 5.73 Å². The first kappa shape index (κ1) is 9.94. The number of aliphatic carboxylic acids is 1. The molecule has 0 aromatic carbocycles. The highest BCUT2D eigenvalue weighted by molar-refractivity contribution is 7.03. The summed E-state index contributed by atoms with van der Waals surface area (Å²) >= 11 is 1.22. The van der Waals surface area contributed by atoms with Crippen molar-refractivity contribution in [3.05, 3.63) is 10.9 Å². The van der Waals surface area contributed by atoms with Gasteiger partial charge in [-0.15, -0.1) is 0 Å². The molecule has 1 aromatic rings. The zero-order valence-electron chi connectivity index (χ0n) is 7.06. The third kappa shape index (κ3) is 2.40. The molecule has 0 aliphatic heterocycles. The van der Waals surface area contributed by atoms with Crippen LogP contribution in [0.4, 0.5) is 0 Å². The van der Waals surface area contributed by atoms with E-state index in [1.165, 1.54) is 18.6 Å². The van der Waals surface area contributed by atoms with Gasteiger partial charge in [0.2, 0.25) is 5.88 Å². The quantitative estimate of drug-likeness (QED) is 0.723. The Balaban J connectivity index is 2.68. The number of nitrogens with two attached hydrogens (primary N) is 1. The van der Waals surface area contributed by atoms with Gasteiger partial charge >= 0.3 is 5.97 Å². The Morgan fingerprint density at radius 2 is 2.62 bits per heavy atom. The van der Waals surface area contributed by atoms with E-state index in [9.17, 15) is 4.79 Å². The van der Waals surface area contributed by atoms with Gasteiger partial charge in [0.1, 0.15) is 6.04 Å². The highest BCUT2D eigenvalue weighted by atomic mass is 32.1. The summed E-state index contributed by atoms with van der Waals surface area (Å²) in [4.78, 5) is 10.4. The van der Waals surface area contributed by atoms with E-state index in [-0.39, 0.29) is 6.42 Å². The van der Waals surface area contributed by atoms with Crippen molar-refractivity contribution in [1.29, 1.82) is 0 Å². The van der Waals surface area contributed by atoms with Crippen LogP contribution >= 0.6 is 11.5 Å². The van der Waals surface area contributed by atoms with Crippen LogP contribution in [-0.4, -0.2) is 28.6 Å². The lowest BCUT2D eigenvalue weighted by Gasteiger charge is -2.04. The molecule has 0 fully saturated rings. The molecule has 0 unspecified atom stereocenters. The number of methoxy groups -OCH3 is 1. The molecule has 1 aromatic heterocycles. The number of ether oxygens (including phenoxy) is 1. The number of nitrogens with zero attached hydrogens (tertiary/aromatic N) is 1. The largest absolute Gasteiger partial charge is 0.480 e. The normalized spacial score (nSPS) is 12.5. The average molecular weight is 202 g/mol. The maximum atomic E-state index is 10.4.